The van der Waals surface area contributed by atoms with Gasteiger partial charge in [-0.3, -0.25) is 9.13 Å². The van der Waals surface area contributed by atoms with E-state index in [0.717, 1.165) is 0 Å². The summed E-state index contributed by atoms with van der Waals surface area (Å²) in [5, 5.41) is 0. The fourth-order valence-corrected chi connectivity index (χ4v) is 1.87. The van der Waals surface area contributed by atoms with Crippen LogP contribution in [0.5, 0.6) is 0 Å². The summed E-state index contributed by atoms with van der Waals surface area (Å²) in [6.45, 7) is 0. The summed E-state index contributed by atoms with van der Waals surface area (Å²) in [7, 11) is -8.19. The Hall–Kier alpha value is 2.30. The first-order chi connectivity index (χ1) is 4.71. The Morgan fingerprint density at radius 2 is 1.00 bits per heavy atom. The second-order valence-corrected chi connectivity index (χ2v) is 5.68. The van der Waals surface area contributed by atoms with Crippen molar-refractivity contribution in [1.82, 2.24) is 0 Å². The molecule has 4 N–H and O–H groups in total. The zero-order valence-corrected chi connectivity index (χ0v) is 7.41. The van der Waals surface area contributed by atoms with E-state index in [4.69, 9.17) is 19.6 Å². The summed E-state index contributed by atoms with van der Waals surface area (Å²) in [4.78, 5) is 33.1. The Kier molecular flexibility index (Phi) is 13.4. The molecule has 0 spiro atoms. The molecule has 0 unspecified atom stereocenters. The molecule has 10 heteroatoms. The second kappa shape index (κ2) is 8.45. The first kappa shape index (κ1) is 20.7. The summed E-state index contributed by atoms with van der Waals surface area (Å²) < 4.78 is 20.3. The third-order valence-electron chi connectivity index (χ3n) is 0.899. The first-order valence-corrected chi connectivity index (χ1v) is 6.39. The Morgan fingerprint density at radius 1 is 0.769 bits per heavy atom. The molecule has 0 atom stereocenters. The van der Waals surface area contributed by atoms with E-state index in [0.29, 0.717) is 0 Å². The monoisotopic (exact) mass is 252 g/mol. The normalized spacial score (nSPS) is 11.4. The molecule has 0 amide bonds. The number of hydrogen-bond donors (Lipinski definition) is 4. The Labute approximate surface area is 120 Å². The van der Waals surface area contributed by atoms with Gasteiger partial charge in [-0.2, -0.15) is 0 Å². The minimum absolute atomic E-state index is 0. The van der Waals surface area contributed by atoms with Gasteiger partial charge < -0.3 is 19.6 Å². The van der Waals surface area contributed by atoms with E-state index in [1.165, 1.54) is 0 Å². The SMILES string of the molecule is O=P(O)(O)CCCP(=O)(O)O.[NaH].[NaH]. The van der Waals surface area contributed by atoms with Crippen LogP contribution in [0.4, 0.5) is 0 Å². The van der Waals surface area contributed by atoms with Crippen molar-refractivity contribution in [3.8, 4) is 0 Å². The van der Waals surface area contributed by atoms with Crippen molar-refractivity contribution in [2.45, 2.75) is 6.42 Å². The van der Waals surface area contributed by atoms with Gasteiger partial charge >= 0.3 is 74.3 Å². The van der Waals surface area contributed by atoms with Gasteiger partial charge in [0.1, 0.15) is 0 Å². The number of hydrogen-bond acceptors (Lipinski definition) is 2. The summed E-state index contributed by atoms with van der Waals surface area (Å²) in [6.07, 6.45) is -1.11. The molecule has 0 aromatic heterocycles. The summed E-state index contributed by atoms with van der Waals surface area (Å²) in [5.41, 5.74) is 0. The molecule has 0 bridgehead atoms. The topological polar surface area (TPSA) is 115 Å². The van der Waals surface area contributed by atoms with Crippen LogP contribution in [-0.4, -0.2) is 91.0 Å². The van der Waals surface area contributed by atoms with E-state index in [1.807, 2.05) is 0 Å². The molecule has 72 valence electrons. The van der Waals surface area contributed by atoms with Gasteiger partial charge in [0.2, 0.25) is 0 Å². The van der Waals surface area contributed by atoms with Crippen LogP contribution in [0.1, 0.15) is 6.42 Å². The molecular weight excluding hydrogens is 240 g/mol. The molecule has 0 aliphatic carbocycles. The summed E-state index contributed by atoms with van der Waals surface area (Å²) in [5.74, 6) is 0. The zero-order chi connectivity index (χ0) is 9.12. The van der Waals surface area contributed by atoms with Gasteiger partial charge in [-0.05, 0) is 6.42 Å². The van der Waals surface area contributed by atoms with Crippen LogP contribution in [0.15, 0.2) is 0 Å². The third-order valence-corrected chi connectivity index (χ3v) is 2.70. The van der Waals surface area contributed by atoms with Crippen molar-refractivity contribution in [3.63, 3.8) is 0 Å². The minimum atomic E-state index is -4.10. The summed E-state index contributed by atoms with van der Waals surface area (Å²) in [6, 6.07) is 0. The molecule has 0 aromatic carbocycles. The van der Waals surface area contributed by atoms with Gasteiger partial charge in [0.15, 0.2) is 0 Å². The van der Waals surface area contributed by atoms with E-state index >= 15 is 0 Å². The fourth-order valence-electron chi connectivity index (χ4n) is 0.483. The molecule has 0 aliphatic rings. The zero-order valence-electron chi connectivity index (χ0n) is 5.62. The molecular formula is C3H12Na2O6P2. The van der Waals surface area contributed by atoms with Gasteiger partial charge in [-0.15, -0.1) is 0 Å². The van der Waals surface area contributed by atoms with Crippen LogP contribution < -0.4 is 0 Å². The first-order valence-electron chi connectivity index (χ1n) is 2.80. The van der Waals surface area contributed by atoms with E-state index in [-0.39, 0.29) is 65.5 Å². The molecule has 0 radical (unpaired) electrons. The molecule has 0 fully saturated rings. The molecule has 0 aromatic rings. The van der Waals surface area contributed by atoms with Crippen molar-refractivity contribution < 1.29 is 28.7 Å². The van der Waals surface area contributed by atoms with Crippen LogP contribution in [0.3, 0.4) is 0 Å². The van der Waals surface area contributed by atoms with Gasteiger partial charge in [-0.25, -0.2) is 0 Å². The molecule has 0 saturated heterocycles. The molecule has 0 rings (SSSR count). The molecule has 0 heterocycles. The van der Waals surface area contributed by atoms with Crippen molar-refractivity contribution in [2.24, 2.45) is 0 Å². The van der Waals surface area contributed by atoms with E-state index < -0.39 is 27.5 Å². The van der Waals surface area contributed by atoms with Crippen LogP contribution >= 0.6 is 15.2 Å². The summed E-state index contributed by atoms with van der Waals surface area (Å²) >= 11 is 0. The maximum absolute atomic E-state index is 10.2. The Morgan fingerprint density at radius 3 is 1.15 bits per heavy atom. The predicted molar refractivity (Wildman–Crippen MR) is 52.7 cm³/mol. The van der Waals surface area contributed by atoms with Gasteiger partial charge in [0.05, 0.1) is 12.3 Å². The van der Waals surface area contributed by atoms with E-state index in [2.05, 4.69) is 0 Å². The van der Waals surface area contributed by atoms with Crippen LogP contribution in [-0.2, 0) is 9.13 Å². The molecule has 13 heavy (non-hydrogen) atoms. The molecule has 0 saturated carbocycles. The van der Waals surface area contributed by atoms with E-state index in [9.17, 15) is 9.13 Å². The van der Waals surface area contributed by atoms with Crippen LogP contribution in [0.25, 0.3) is 0 Å². The van der Waals surface area contributed by atoms with Crippen LogP contribution in [0.2, 0.25) is 0 Å². The van der Waals surface area contributed by atoms with Crippen molar-refractivity contribution in [1.29, 1.82) is 0 Å². The van der Waals surface area contributed by atoms with Gasteiger partial charge in [-0.1, -0.05) is 0 Å². The maximum atomic E-state index is 10.2. The van der Waals surface area contributed by atoms with Gasteiger partial charge in [0, 0.05) is 0 Å². The Bertz CT molecular complexity index is 186. The van der Waals surface area contributed by atoms with Crippen molar-refractivity contribution >= 4 is 74.3 Å². The predicted octanol–water partition coefficient (Wildman–Crippen LogP) is -1.57. The quantitative estimate of drug-likeness (QED) is 0.355. The standard InChI is InChI=1S/C3H10O6P2.2Na.2H/c4-10(5,6)2-1-3-11(7,8)9;;;;/h1-3H2,(H2,4,5,6)(H2,7,8,9);;;;. The molecule has 6 nitrogen and oxygen atoms in total. The molecule has 0 aliphatic heterocycles. The van der Waals surface area contributed by atoms with Crippen molar-refractivity contribution in [3.05, 3.63) is 0 Å². The van der Waals surface area contributed by atoms with Gasteiger partial charge in [0.25, 0.3) is 0 Å². The van der Waals surface area contributed by atoms with Crippen molar-refractivity contribution in [2.75, 3.05) is 12.3 Å². The fraction of sp³-hybridized carbons (Fsp3) is 1.00. The average Bonchev–Trinajstić information content (AvgIpc) is 1.55. The van der Waals surface area contributed by atoms with E-state index in [1.54, 1.807) is 0 Å². The Balaban J connectivity index is -0.000000500. The number of rotatable bonds is 4. The third kappa shape index (κ3) is 20.4. The average molecular weight is 252 g/mol. The second-order valence-electron chi connectivity index (χ2n) is 2.13. The van der Waals surface area contributed by atoms with Crippen LogP contribution in [0, 0.1) is 0 Å².